The third-order valence-corrected chi connectivity index (χ3v) is 8.63. The van der Waals surface area contributed by atoms with E-state index in [9.17, 15) is 8.42 Å². The van der Waals surface area contributed by atoms with Gasteiger partial charge in [-0.1, -0.05) is 29.8 Å². The highest BCUT2D eigenvalue weighted by Gasteiger charge is 2.23. The maximum absolute atomic E-state index is 12.9. The van der Waals surface area contributed by atoms with Crippen LogP contribution < -0.4 is 14.4 Å². The van der Waals surface area contributed by atoms with E-state index >= 15 is 0 Å². The first-order valence-electron chi connectivity index (χ1n) is 13.0. The van der Waals surface area contributed by atoms with E-state index in [1.807, 2.05) is 26.0 Å². The molecule has 0 aliphatic carbocycles. The Bertz CT molecular complexity index is 1390. The first kappa shape index (κ1) is 29.1. The minimum atomic E-state index is -3.63. The van der Waals surface area contributed by atoms with Crippen LogP contribution in [-0.2, 0) is 27.6 Å². The molecule has 1 aromatic heterocycles. The third-order valence-electron chi connectivity index (χ3n) is 6.40. The molecule has 0 spiro atoms. The van der Waals surface area contributed by atoms with Crippen LogP contribution in [0.15, 0.2) is 47.5 Å². The molecule has 2 heterocycles. The number of hydrogen-bond acceptors (Lipinski definition) is 8. The molecule has 39 heavy (non-hydrogen) atoms. The van der Waals surface area contributed by atoms with Gasteiger partial charge in [0.2, 0.25) is 10.0 Å². The molecule has 4 rings (SSSR count). The second kappa shape index (κ2) is 13.0. The first-order valence-corrected chi connectivity index (χ1v) is 14.8. The zero-order chi connectivity index (χ0) is 28.0. The Hall–Kier alpha value is -2.92. The number of rotatable bonds is 11. The number of nitrogens with zero attached hydrogens (tertiary/aromatic N) is 4. The fourth-order valence-electron chi connectivity index (χ4n) is 4.44. The second-order valence-electron chi connectivity index (χ2n) is 9.22. The Labute approximate surface area is 235 Å². The lowest BCUT2D eigenvalue weighted by Gasteiger charge is -2.31. The number of ether oxygens (including phenoxy) is 3. The zero-order valence-electron chi connectivity index (χ0n) is 22.8. The standard InChI is InChI=1S/C28H35ClN4O5S/c1-5-37-25-18-24(33-11-13-36-14-12-33)26(38-6-2)16-21(25)17-28-30-19-22(29)23(31-28)15-20-9-7-8-10-27(20)39(34,35)32(3)4/h7-10,16,18-19H,5-6,11-15,17H2,1-4H3. The van der Waals surface area contributed by atoms with Crippen molar-refractivity contribution < 1.29 is 22.6 Å². The SMILES string of the molecule is CCOc1cc(N2CCOCC2)c(OCC)cc1Cc1ncc(Cl)c(Cc2ccccc2S(=O)(=O)N(C)C)n1. The average Bonchev–Trinajstić information content (AvgIpc) is 2.92. The van der Waals surface area contributed by atoms with Gasteiger partial charge in [0, 0.05) is 57.9 Å². The van der Waals surface area contributed by atoms with Crippen molar-refractivity contribution in [2.45, 2.75) is 31.6 Å². The molecule has 0 saturated carbocycles. The molecule has 0 atom stereocenters. The lowest BCUT2D eigenvalue weighted by molar-refractivity contribution is 0.122. The summed E-state index contributed by atoms with van der Waals surface area (Å²) >= 11 is 6.49. The summed E-state index contributed by atoms with van der Waals surface area (Å²) in [6.07, 6.45) is 2.20. The van der Waals surface area contributed by atoms with Gasteiger partial charge in [-0.3, -0.25) is 0 Å². The lowest BCUT2D eigenvalue weighted by Crippen LogP contribution is -2.36. The monoisotopic (exact) mass is 574 g/mol. The van der Waals surface area contributed by atoms with Crippen LogP contribution in [0.4, 0.5) is 5.69 Å². The van der Waals surface area contributed by atoms with Crippen molar-refractivity contribution in [3.05, 3.63) is 70.3 Å². The first-order chi connectivity index (χ1) is 18.7. The molecule has 0 unspecified atom stereocenters. The minimum Gasteiger partial charge on any atom is -0.493 e. The summed E-state index contributed by atoms with van der Waals surface area (Å²) in [5.74, 6) is 2.06. The van der Waals surface area contributed by atoms with E-state index in [1.165, 1.54) is 18.4 Å². The number of halogens is 1. The highest BCUT2D eigenvalue weighted by Crippen LogP contribution is 2.37. The number of anilines is 1. The molecule has 210 valence electrons. The number of morpholine rings is 1. The van der Waals surface area contributed by atoms with Crippen molar-refractivity contribution >= 4 is 27.3 Å². The third kappa shape index (κ3) is 6.81. The Balaban J connectivity index is 1.68. The summed E-state index contributed by atoms with van der Waals surface area (Å²) in [6, 6.07) is 10.9. The van der Waals surface area contributed by atoms with Gasteiger partial charge in [-0.05, 0) is 31.5 Å². The van der Waals surface area contributed by atoms with Crippen molar-refractivity contribution in [1.82, 2.24) is 14.3 Å². The molecule has 11 heteroatoms. The van der Waals surface area contributed by atoms with Crippen molar-refractivity contribution in [3.63, 3.8) is 0 Å². The number of hydrogen-bond donors (Lipinski definition) is 0. The molecule has 1 saturated heterocycles. The van der Waals surface area contributed by atoms with Crippen LogP contribution >= 0.6 is 11.6 Å². The molecule has 3 aromatic rings. The zero-order valence-corrected chi connectivity index (χ0v) is 24.4. The molecule has 9 nitrogen and oxygen atoms in total. The number of sulfonamides is 1. The van der Waals surface area contributed by atoms with E-state index in [0.717, 1.165) is 35.8 Å². The van der Waals surface area contributed by atoms with Gasteiger partial charge in [0.05, 0.1) is 47.7 Å². The molecule has 2 aromatic carbocycles. The maximum Gasteiger partial charge on any atom is 0.242 e. The van der Waals surface area contributed by atoms with Crippen LogP contribution in [-0.4, -0.2) is 76.3 Å². The molecule has 0 amide bonds. The molecule has 1 fully saturated rings. The average molecular weight is 575 g/mol. The summed E-state index contributed by atoms with van der Waals surface area (Å²) in [4.78, 5) is 11.7. The molecule has 0 radical (unpaired) electrons. The molecule has 0 N–H and O–H groups in total. The van der Waals surface area contributed by atoms with Gasteiger partial charge in [-0.15, -0.1) is 0 Å². The van der Waals surface area contributed by atoms with Gasteiger partial charge in [-0.2, -0.15) is 0 Å². The van der Waals surface area contributed by atoms with E-state index < -0.39 is 10.0 Å². The van der Waals surface area contributed by atoms with Crippen LogP contribution in [0.1, 0.15) is 36.5 Å². The Morgan fingerprint density at radius 2 is 1.69 bits per heavy atom. The van der Waals surface area contributed by atoms with Crippen LogP contribution in [0.3, 0.4) is 0 Å². The topological polar surface area (TPSA) is 94.1 Å². The smallest absolute Gasteiger partial charge is 0.242 e. The van der Waals surface area contributed by atoms with E-state index in [2.05, 4.69) is 9.88 Å². The van der Waals surface area contributed by atoms with Crippen molar-refractivity contribution in [1.29, 1.82) is 0 Å². The van der Waals surface area contributed by atoms with Crippen molar-refractivity contribution in [2.75, 3.05) is 58.5 Å². The largest absolute Gasteiger partial charge is 0.493 e. The van der Waals surface area contributed by atoms with E-state index in [-0.39, 0.29) is 11.3 Å². The molecule has 1 aliphatic rings. The van der Waals surface area contributed by atoms with Gasteiger partial charge in [0.25, 0.3) is 0 Å². The normalized spacial score (nSPS) is 14.1. The van der Waals surface area contributed by atoms with Crippen LogP contribution in [0, 0.1) is 0 Å². The van der Waals surface area contributed by atoms with E-state index in [0.29, 0.717) is 55.0 Å². The summed E-state index contributed by atoms with van der Waals surface area (Å²) in [5, 5.41) is 0.374. The van der Waals surface area contributed by atoms with Gasteiger partial charge < -0.3 is 19.1 Å². The number of benzene rings is 2. The maximum atomic E-state index is 12.9. The Morgan fingerprint density at radius 1 is 1.00 bits per heavy atom. The summed E-state index contributed by atoms with van der Waals surface area (Å²) in [5.41, 5.74) is 3.03. The molecule has 0 bridgehead atoms. The van der Waals surface area contributed by atoms with E-state index in [1.54, 1.807) is 30.5 Å². The predicted octanol–water partition coefficient (Wildman–Crippen LogP) is 4.20. The van der Waals surface area contributed by atoms with Gasteiger partial charge in [0.15, 0.2) is 0 Å². The quantitative estimate of drug-likeness (QED) is 0.336. The van der Waals surface area contributed by atoms with E-state index in [4.69, 9.17) is 30.8 Å². The highest BCUT2D eigenvalue weighted by molar-refractivity contribution is 7.89. The Kier molecular flexibility index (Phi) is 9.66. The predicted molar refractivity (Wildman–Crippen MR) is 152 cm³/mol. The minimum absolute atomic E-state index is 0.227. The summed E-state index contributed by atoms with van der Waals surface area (Å²) in [6.45, 7) is 7.83. The summed E-state index contributed by atoms with van der Waals surface area (Å²) < 4.78 is 44.6. The fourth-order valence-corrected chi connectivity index (χ4v) is 5.72. The number of aromatic nitrogens is 2. The van der Waals surface area contributed by atoms with Crippen molar-refractivity contribution in [2.24, 2.45) is 0 Å². The van der Waals surface area contributed by atoms with Gasteiger partial charge in [-0.25, -0.2) is 22.7 Å². The van der Waals surface area contributed by atoms with Crippen molar-refractivity contribution in [3.8, 4) is 11.5 Å². The highest BCUT2D eigenvalue weighted by atomic mass is 35.5. The molecular formula is C28H35ClN4O5S. The molecule has 1 aliphatic heterocycles. The molecular weight excluding hydrogens is 540 g/mol. The second-order valence-corrected chi connectivity index (χ2v) is 11.8. The lowest BCUT2D eigenvalue weighted by atomic mass is 10.1. The van der Waals surface area contributed by atoms with Gasteiger partial charge in [0.1, 0.15) is 17.3 Å². The van der Waals surface area contributed by atoms with Crippen LogP contribution in [0.25, 0.3) is 0 Å². The van der Waals surface area contributed by atoms with Gasteiger partial charge >= 0.3 is 0 Å². The summed E-state index contributed by atoms with van der Waals surface area (Å²) in [7, 11) is -0.605. The fraction of sp³-hybridized carbons (Fsp3) is 0.429. The van der Waals surface area contributed by atoms with Crippen LogP contribution in [0.2, 0.25) is 5.02 Å². The Morgan fingerprint density at radius 3 is 2.38 bits per heavy atom. The van der Waals surface area contributed by atoms with Crippen LogP contribution in [0.5, 0.6) is 11.5 Å².